The number of aromatic nitrogens is 4. The number of fused-ring (bicyclic) bond motifs is 1. The van der Waals surface area contributed by atoms with Gasteiger partial charge in [0.25, 0.3) is 11.3 Å². The maximum absolute atomic E-state index is 12.7. The van der Waals surface area contributed by atoms with Crippen LogP contribution in [-0.2, 0) is 0 Å². The average Bonchev–Trinajstić information content (AvgIpc) is 3.32. The van der Waals surface area contributed by atoms with Crippen molar-refractivity contribution in [2.24, 2.45) is 0 Å². The molecule has 0 aliphatic rings. The third kappa shape index (κ3) is 2.76. The van der Waals surface area contributed by atoms with Gasteiger partial charge in [-0.1, -0.05) is 5.16 Å². The fraction of sp³-hybridized carbons (Fsp3) is 0.0625. The lowest BCUT2D eigenvalue weighted by Gasteiger charge is -2.09. The van der Waals surface area contributed by atoms with Crippen molar-refractivity contribution in [1.82, 2.24) is 19.7 Å². The molecule has 0 aliphatic carbocycles. The first kappa shape index (κ1) is 16.3. The number of carboxylic acids is 1. The van der Waals surface area contributed by atoms with Crippen LogP contribution in [0.4, 0.5) is 17.2 Å². The molecule has 11 nitrogen and oxygen atoms in total. The average molecular weight is 368 g/mol. The van der Waals surface area contributed by atoms with Gasteiger partial charge in [-0.3, -0.25) is 9.36 Å². The molecule has 0 radical (unpaired) electrons. The Labute approximate surface area is 150 Å². The van der Waals surface area contributed by atoms with Gasteiger partial charge in [0.05, 0.1) is 11.9 Å². The minimum Gasteiger partial charge on any atom is -0.475 e. The molecule has 4 heterocycles. The predicted molar refractivity (Wildman–Crippen MR) is 93.7 cm³/mol. The number of pyridine rings is 2. The zero-order valence-electron chi connectivity index (χ0n) is 13.8. The largest absolute Gasteiger partial charge is 0.475 e. The van der Waals surface area contributed by atoms with E-state index >= 15 is 0 Å². The predicted octanol–water partition coefficient (Wildman–Crippen LogP) is 1.85. The molecule has 27 heavy (non-hydrogen) atoms. The summed E-state index contributed by atoms with van der Waals surface area (Å²) in [7, 11) is 1.65. The van der Waals surface area contributed by atoms with Crippen molar-refractivity contribution in [3.05, 3.63) is 53.1 Å². The van der Waals surface area contributed by atoms with Gasteiger partial charge in [0, 0.05) is 19.3 Å². The van der Waals surface area contributed by atoms with Crippen molar-refractivity contribution in [2.45, 2.75) is 0 Å². The summed E-state index contributed by atoms with van der Waals surface area (Å²) in [5.74, 6) is -1.19. The van der Waals surface area contributed by atoms with Gasteiger partial charge in [0.2, 0.25) is 5.88 Å². The summed E-state index contributed by atoms with van der Waals surface area (Å²) in [5, 5.41) is 18.7. The van der Waals surface area contributed by atoms with Crippen molar-refractivity contribution in [3.63, 3.8) is 0 Å². The van der Waals surface area contributed by atoms with Crippen molar-refractivity contribution in [2.75, 3.05) is 17.7 Å². The summed E-state index contributed by atoms with van der Waals surface area (Å²) in [6.45, 7) is 0. The normalized spacial score (nSPS) is 10.9. The van der Waals surface area contributed by atoms with Crippen LogP contribution in [0.2, 0.25) is 0 Å². The molecule has 0 unspecified atom stereocenters. The second-order valence-electron chi connectivity index (χ2n) is 5.38. The van der Waals surface area contributed by atoms with E-state index in [9.17, 15) is 14.7 Å². The SMILES string of the molecule is CNc1cc(Nc2cccn(-c3cnco3)c2=O)nc2c(C(=O)O)onc12. The van der Waals surface area contributed by atoms with Gasteiger partial charge in [-0.15, -0.1) is 0 Å². The molecule has 0 amide bonds. The van der Waals surface area contributed by atoms with Gasteiger partial charge in [-0.05, 0) is 12.1 Å². The van der Waals surface area contributed by atoms with E-state index in [0.29, 0.717) is 5.69 Å². The number of nitrogens with one attached hydrogen (secondary N) is 2. The lowest BCUT2D eigenvalue weighted by molar-refractivity contribution is 0.0655. The standard InChI is InChI=1S/C16H12N6O5/c1-17-9-5-10(20-13-12(9)21-27-14(13)16(24)25)19-8-3-2-4-22(15(8)23)11-6-18-7-26-11/h2-7,17H,1H3,(H,19,20)(H,24,25). The van der Waals surface area contributed by atoms with Gasteiger partial charge in [0.15, 0.2) is 11.9 Å². The number of aromatic carboxylic acids is 1. The highest BCUT2D eigenvalue weighted by Gasteiger charge is 2.20. The van der Waals surface area contributed by atoms with Crippen LogP contribution in [0.1, 0.15) is 10.6 Å². The van der Waals surface area contributed by atoms with E-state index in [1.165, 1.54) is 23.4 Å². The second-order valence-corrected chi connectivity index (χ2v) is 5.38. The maximum atomic E-state index is 12.7. The summed E-state index contributed by atoms with van der Waals surface area (Å²) < 4.78 is 11.3. The highest BCUT2D eigenvalue weighted by atomic mass is 16.5. The Morgan fingerprint density at radius 3 is 2.85 bits per heavy atom. The van der Waals surface area contributed by atoms with E-state index in [0.717, 1.165) is 0 Å². The number of anilines is 3. The molecule has 0 saturated heterocycles. The van der Waals surface area contributed by atoms with Crippen molar-refractivity contribution < 1.29 is 18.8 Å². The van der Waals surface area contributed by atoms with Crippen LogP contribution in [-0.4, -0.2) is 37.8 Å². The van der Waals surface area contributed by atoms with Crippen molar-refractivity contribution in [1.29, 1.82) is 0 Å². The number of carboxylic acid groups (broad SMARTS) is 1. The molecule has 0 saturated carbocycles. The van der Waals surface area contributed by atoms with Crippen LogP contribution in [0.15, 0.2) is 50.7 Å². The van der Waals surface area contributed by atoms with Gasteiger partial charge in [-0.2, -0.15) is 0 Å². The summed E-state index contributed by atoms with van der Waals surface area (Å²) in [5.41, 5.74) is 0.628. The Hall–Kier alpha value is -4.15. The summed E-state index contributed by atoms with van der Waals surface area (Å²) in [4.78, 5) is 32.0. The molecular weight excluding hydrogens is 356 g/mol. The van der Waals surface area contributed by atoms with Gasteiger partial charge in [-0.25, -0.2) is 14.8 Å². The number of rotatable bonds is 5. The molecule has 0 aliphatic heterocycles. The fourth-order valence-corrected chi connectivity index (χ4v) is 2.55. The van der Waals surface area contributed by atoms with E-state index in [1.54, 1.807) is 25.2 Å². The minimum absolute atomic E-state index is 0.0586. The van der Waals surface area contributed by atoms with Crippen LogP contribution < -0.4 is 16.2 Å². The Bertz CT molecular complexity index is 1190. The molecule has 0 fully saturated rings. The number of nitrogens with zero attached hydrogens (tertiary/aromatic N) is 4. The summed E-state index contributed by atoms with van der Waals surface area (Å²) in [6.07, 6.45) is 4.16. The third-order valence-corrected chi connectivity index (χ3v) is 3.77. The van der Waals surface area contributed by atoms with Crippen LogP contribution in [0.5, 0.6) is 0 Å². The van der Waals surface area contributed by atoms with Crippen molar-refractivity contribution in [3.8, 4) is 5.88 Å². The van der Waals surface area contributed by atoms with Crippen LogP contribution >= 0.6 is 0 Å². The van der Waals surface area contributed by atoms with E-state index in [1.807, 2.05) is 0 Å². The lowest BCUT2D eigenvalue weighted by Crippen LogP contribution is -2.20. The Morgan fingerprint density at radius 1 is 1.30 bits per heavy atom. The smallest absolute Gasteiger partial charge is 0.377 e. The van der Waals surface area contributed by atoms with Crippen LogP contribution in [0.3, 0.4) is 0 Å². The lowest BCUT2D eigenvalue weighted by atomic mass is 10.2. The van der Waals surface area contributed by atoms with E-state index in [2.05, 4.69) is 25.8 Å². The molecule has 11 heteroatoms. The first-order chi connectivity index (χ1) is 13.1. The number of hydrogen-bond acceptors (Lipinski definition) is 9. The van der Waals surface area contributed by atoms with E-state index in [-0.39, 0.29) is 28.4 Å². The second kappa shape index (κ2) is 6.29. The van der Waals surface area contributed by atoms with Gasteiger partial charge >= 0.3 is 5.97 Å². The number of oxazole rings is 1. The molecular formula is C16H12N6O5. The molecule has 4 aromatic heterocycles. The summed E-state index contributed by atoms with van der Waals surface area (Å²) in [6, 6.07) is 4.79. The zero-order chi connectivity index (χ0) is 19.0. The van der Waals surface area contributed by atoms with Crippen molar-refractivity contribution >= 4 is 34.2 Å². The monoisotopic (exact) mass is 368 g/mol. The molecule has 4 aromatic rings. The first-order valence-electron chi connectivity index (χ1n) is 7.67. The Balaban J connectivity index is 1.80. The molecule has 0 bridgehead atoms. The topological polar surface area (TPSA) is 148 Å². The molecule has 3 N–H and O–H groups in total. The number of carbonyl (C=O) groups is 1. The third-order valence-electron chi connectivity index (χ3n) is 3.77. The summed E-state index contributed by atoms with van der Waals surface area (Å²) >= 11 is 0. The van der Waals surface area contributed by atoms with Gasteiger partial charge < -0.3 is 24.7 Å². The highest BCUT2D eigenvalue weighted by Crippen LogP contribution is 2.27. The van der Waals surface area contributed by atoms with Gasteiger partial charge in [0.1, 0.15) is 17.0 Å². The molecule has 0 aromatic carbocycles. The molecule has 0 atom stereocenters. The Kier molecular flexibility index (Phi) is 3.81. The maximum Gasteiger partial charge on any atom is 0.377 e. The Morgan fingerprint density at radius 2 is 2.15 bits per heavy atom. The molecule has 136 valence electrons. The zero-order valence-corrected chi connectivity index (χ0v) is 13.8. The first-order valence-corrected chi connectivity index (χ1v) is 7.67. The van der Waals surface area contributed by atoms with Crippen LogP contribution in [0, 0.1) is 0 Å². The van der Waals surface area contributed by atoms with Crippen LogP contribution in [0.25, 0.3) is 16.9 Å². The molecule has 0 spiro atoms. The minimum atomic E-state index is -1.29. The van der Waals surface area contributed by atoms with E-state index in [4.69, 9.17) is 8.94 Å². The molecule has 4 rings (SSSR count). The fourth-order valence-electron chi connectivity index (χ4n) is 2.55. The van der Waals surface area contributed by atoms with E-state index < -0.39 is 17.3 Å². The number of hydrogen-bond donors (Lipinski definition) is 3. The highest BCUT2D eigenvalue weighted by molar-refractivity contribution is 6.02. The quantitative estimate of drug-likeness (QED) is 0.476.